The van der Waals surface area contributed by atoms with Crippen LogP contribution in [0.2, 0.25) is 5.02 Å². The molecule has 0 amide bonds. The fourth-order valence-electron chi connectivity index (χ4n) is 3.02. The molecule has 134 valence electrons. The van der Waals surface area contributed by atoms with Gasteiger partial charge < -0.3 is 9.64 Å². The van der Waals surface area contributed by atoms with Crippen molar-refractivity contribution >= 4 is 28.6 Å². The second-order valence-electron chi connectivity index (χ2n) is 6.36. The maximum atomic E-state index is 14.6. The number of hydrogen-bond acceptors (Lipinski definition) is 5. The Kier molecular flexibility index (Phi) is 4.46. The minimum Gasteiger partial charge on any atom is -0.378 e. The van der Waals surface area contributed by atoms with Crippen LogP contribution in [0.1, 0.15) is 11.3 Å². The topological polar surface area (TPSA) is 51.1 Å². The van der Waals surface area contributed by atoms with E-state index in [9.17, 15) is 4.39 Å². The Hall–Kier alpha value is -2.31. The summed E-state index contributed by atoms with van der Waals surface area (Å²) in [7, 11) is 0. The third kappa shape index (κ3) is 3.10. The molecule has 0 unspecified atom stereocenters. The molecule has 3 heterocycles. The molecule has 1 aliphatic rings. The fourth-order valence-corrected chi connectivity index (χ4v) is 3.18. The molecule has 4 rings (SSSR count). The third-order valence-electron chi connectivity index (χ3n) is 4.60. The Labute approximate surface area is 155 Å². The first-order valence-electron chi connectivity index (χ1n) is 8.47. The van der Waals surface area contributed by atoms with Gasteiger partial charge >= 0.3 is 0 Å². The number of anilines is 1. The minimum atomic E-state index is -0.413. The maximum absolute atomic E-state index is 14.6. The van der Waals surface area contributed by atoms with Crippen LogP contribution in [-0.2, 0) is 4.74 Å². The second kappa shape index (κ2) is 6.78. The highest BCUT2D eigenvalue weighted by Crippen LogP contribution is 2.31. The van der Waals surface area contributed by atoms with Crippen LogP contribution in [0.4, 0.5) is 10.3 Å². The standard InChI is InChI=1S/C19H18ClFN4O/c1-11-9-15-17(14-4-3-13(20)10-16(14)21)23-19(24-18(15)22-12(11)2)25-5-7-26-8-6-25/h3-4,9-10H,5-8H2,1-2H3. The Morgan fingerprint density at radius 2 is 1.85 bits per heavy atom. The van der Waals surface area contributed by atoms with E-state index in [4.69, 9.17) is 21.3 Å². The number of ether oxygens (including phenoxy) is 1. The van der Waals surface area contributed by atoms with Gasteiger partial charge in [0.2, 0.25) is 5.95 Å². The quantitative estimate of drug-likeness (QED) is 0.682. The van der Waals surface area contributed by atoms with E-state index in [-0.39, 0.29) is 0 Å². The maximum Gasteiger partial charge on any atom is 0.228 e. The summed E-state index contributed by atoms with van der Waals surface area (Å²) in [6.45, 7) is 6.53. The Balaban J connectivity index is 1.97. The van der Waals surface area contributed by atoms with Crippen molar-refractivity contribution in [2.75, 3.05) is 31.2 Å². The number of hydrogen-bond donors (Lipinski definition) is 0. The molecule has 0 aliphatic carbocycles. The van der Waals surface area contributed by atoms with Crippen molar-refractivity contribution in [3.8, 4) is 11.3 Å². The molecule has 7 heteroatoms. The Morgan fingerprint density at radius 1 is 1.08 bits per heavy atom. The van der Waals surface area contributed by atoms with E-state index in [2.05, 4.69) is 9.97 Å². The lowest BCUT2D eigenvalue weighted by molar-refractivity contribution is 0.122. The van der Waals surface area contributed by atoms with Crippen molar-refractivity contribution < 1.29 is 9.13 Å². The van der Waals surface area contributed by atoms with E-state index in [0.717, 1.165) is 16.6 Å². The summed E-state index contributed by atoms with van der Waals surface area (Å²) >= 11 is 5.91. The van der Waals surface area contributed by atoms with Gasteiger partial charge in [0.15, 0.2) is 5.65 Å². The zero-order chi connectivity index (χ0) is 18.3. The third-order valence-corrected chi connectivity index (χ3v) is 4.83. The number of morpholine rings is 1. The lowest BCUT2D eigenvalue weighted by atomic mass is 10.1. The van der Waals surface area contributed by atoms with Crippen molar-refractivity contribution in [2.45, 2.75) is 13.8 Å². The largest absolute Gasteiger partial charge is 0.378 e. The van der Waals surface area contributed by atoms with E-state index in [1.165, 1.54) is 6.07 Å². The van der Waals surface area contributed by atoms with Gasteiger partial charge in [0.05, 0.1) is 18.9 Å². The second-order valence-corrected chi connectivity index (χ2v) is 6.79. The Bertz CT molecular complexity index is 989. The van der Waals surface area contributed by atoms with Gasteiger partial charge in [0, 0.05) is 34.8 Å². The summed E-state index contributed by atoms with van der Waals surface area (Å²) in [4.78, 5) is 16.0. The highest BCUT2D eigenvalue weighted by molar-refractivity contribution is 6.30. The summed E-state index contributed by atoms with van der Waals surface area (Å²) in [6.07, 6.45) is 0. The van der Waals surface area contributed by atoms with Crippen LogP contribution in [0.25, 0.3) is 22.3 Å². The number of aromatic nitrogens is 3. The summed E-state index contributed by atoms with van der Waals surface area (Å²) in [5.74, 6) is 0.129. The molecule has 26 heavy (non-hydrogen) atoms. The van der Waals surface area contributed by atoms with E-state index >= 15 is 0 Å². The van der Waals surface area contributed by atoms with Crippen LogP contribution in [0, 0.1) is 19.7 Å². The molecule has 3 aromatic rings. The molecule has 1 aliphatic heterocycles. The van der Waals surface area contributed by atoms with Gasteiger partial charge in [-0.3, -0.25) is 0 Å². The first-order chi connectivity index (χ1) is 12.5. The molecule has 0 spiro atoms. The number of rotatable bonds is 2. The average Bonchev–Trinajstić information content (AvgIpc) is 2.63. The lowest BCUT2D eigenvalue weighted by Gasteiger charge is -2.27. The van der Waals surface area contributed by atoms with Crippen molar-refractivity contribution in [2.24, 2.45) is 0 Å². The lowest BCUT2D eigenvalue weighted by Crippen LogP contribution is -2.37. The molecule has 0 radical (unpaired) electrons. The highest BCUT2D eigenvalue weighted by atomic mass is 35.5. The van der Waals surface area contributed by atoms with Gasteiger partial charge in [-0.2, -0.15) is 4.98 Å². The molecule has 1 saturated heterocycles. The number of nitrogens with zero attached hydrogens (tertiary/aromatic N) is 4. The predicted molar refractivity (Wildman–Crippen MR) is 100 cm³/mol. The molecular weight excluding hydrogens is 355 g/mol. The SMILES string of the molecule is Cc1cc2c(-c3ccc(Cl)cc3F)nc(N3CCOCC3)nc2nc1C. The van der Waals surface area contributed by atoms with Crippen molar-refractivity contribution in [1.82, 2.24) is 15.0 Å². The first-order valence-corrected chi connectivity index (χ1v) is 8.85. The first kappa shape index (κ1) is 17.1. The zero-order valence-electron chi connectivity index (χ0n) is 14.6. The summed E-state index contributed by atoms with van der Waals surface area (Å²) in [5, 5.41) is 1.08. The normalized spacial score (nSPS) is 14.8. The summed E-state index contributed by atoms with van der Waals surface area (Å²) in [5.41, 5.74) is 3.39. The van der Waals surface area contributed by atoms with E-state index < -0.39 is 5.82 Å². The highest BCUT2D eigenvalue weighted by Gasteiger charge is 2.20. The zero-order valence-corrected chi connectivity index (χ0v) is 15.3. The molecule has 0 bridgehead atoms. The molecule has 0 N–H and O–H groups in total. The van der Waals surface area contributed by atoms with Crippen LogP contribution in [0.15, 0.2) is 24.3 Å². The molecule has 5 nitrogen and oxygen atoms in total. The van der Waals surface area contributed by atoms with Crippen LogP contribution < -0.4 is 4.90 Å². The smallest absolute Gasteiger partial charge is 0.228 e. The van der Waals surface area contributed by atoms with Crippen molar-refractivity contribution in [1.29, 1.82) is 0 Å². The van der Waals surface area contributed by atoms with Gasteiger partial charge in [-0.25, -0.2) is 14.4 Å². The summed E-state index contributed by atoms with van der Waals surface area (Å²) < 4.78 is 20.0. The number of halogens is 2. The fraction of sp³-hybridized carbons (Fsp3) is 0.316. The number of fused-ring (bicyclic) bond motifs is 1. The van der Waals surface area contributed by atoms with E-state index in [1.807, 2.05) is 24.8 Å². The minimum absolute atomic E-state index is 0.350. The van der Waals surface area contributed by atoms with Crippen molar-refractivity contribution in [3.05, 3.63) is 46.4 Å². The van der Waals surface area contributed by atoms with Crippen LogP contribution in [-0.4, -0.2) is 41.3 Å². The molecule has 0 atom stereocenters. The monoisotopic (exact) mass is 372 g/mol. The van der Waals surface area contributed by atoms with Gasteiger partial charge in [-0.1, -0.05) is 11.6 Å². The molecule has 2 aromatic heterocycles. The van der Waals surface area contributed by atoms with Gasteiger partial charge in [-0.15, -0.1) is 0 Å². The number of benzene rings is 1. The molecule has 1 fully saturated rings. The van der Waals surface area contributed by atoms with Crippen molar-refractivity contribution in [3.63, 3.8) is 0 Å². The molecule has 1 aromatic carbocycles. The number of aryl methyl sites for hydroxylation is 2. The number of pyridine rings is 1. The van der Waals surface area contributed by atoms with Crippen LogP contribution in [0.3, 0.4) is 0 Å². The average molecular weight is 373 g/mol. The predicted octanol–water partition coefficient (Wildman–Crippen LogP) is 3.94. The van der Waals surface area contributed by atoms with Gasteiger partial charge in [0.25, 0.3) is 0 Å². The van der Waals surface area contributed by atoms with Gasteiger partial charge in [0.1, 0.15) is 5.82 Å². The molecule has 0 saturated carbocycles. The van der Waals surface area contributed by atoms with E-state index in [1.54, 1.807) is 12.1 Å². The van der Waals surface area contributed by atoms with Crippen LogP contribution >= 0.6 is 11.6 Å². The summed E-state index contributed by atoms with van der Waals surface area (Å²) in [6, 6.07) is 6.58. The Morgan fingerprint density at radius 3 is 2.58 bits per heavy atom. The van der Waals surface area contributed by atoms with Crippen LogP contribution in [0.5, 0.6) is 0 Å². The van der Waals surface area contributed by atoms with Gasteiger partial charge in [-0.05, 0) is 43.7 Å². The molecular formula is C19H18ClFN4O. The van der Waals surface area contributed by atoms with E-state index in [0.29, 0.717) is 54.2 Å².